The Balaban J connectivity index is 2.29. The molecule has 0 radical (unpaired) electrons. The van der Waals surface area contributed by atoms with Gasteiger partial charge in [0.2, 0.25) is 0 Å². The Morgan fingerprint density at radius 2 is 1.03 bits per heavy atom. The largest absolute Gasteiger partial charge is 0.0622 e. The van der Waals surface area contributed by atoms with E-state index in [1.54, 1.807) is 0 Å². The van der Waals surface area contributed by atoms with Gasteiger partial charge in [-0.2, -0.15) is 0 Å². The second kappa shape index (κ2) is 7.00. The van der Waals surface area contributed by atoms with Gasteiger partial charge < -0.3 is 0 Å². The summed E-state index contributed by atoms with van der Waals surface area (Å²) in [5.74, 6) is 8.70. The van der Waals surface area contributed by atoms with Crippen molar-refractivity contribution in [3.8, 4) is 0 Å². The highest BCUT2D eigenvalue weighted by Gasteiger charge is 2.71. The minimum atomic E-state index is 0.357. The molecule has 0 amide bonds. The van der Waals surface area contributed by atoms with Crippen molar-refractivity contribution in [1.82, 2.24) is 0 Å². The van der Waals surface area contributed by atoms with Crippen molar-refractivity contribution < 1.29 is 0 Å². The summed E-state index contributed by atoms with van der Waals surface area (Å²) in [6.45, 7) is 39.4. The second-order valence-corrected chi connectivity index (χ2v) is 14.7. The summed E-state index contributed by atoms with van der Waals surface area (Å²) < 4.78 is 0. The Labute approximate surface area is 190 Å². The summed E-state index contributed by atoms with van der Waals surface area (Å²) in [6, 6.07) is 0. The highest BCUT2D eigenvalue weighted by atomic mass is 14.8. The smallest absolute Gasteiger partial charge is 0.0220 e. The molecule has 0 spiro atoms. The topological polar surface area (TPSA) is 0 Å². The second-order valence-electron chi connectivity index (χ2n) is 14.7. The van der Waals surface area contributed by atoms with Crippen LogP contribution < -0.4 is 0 Å². The van der Waals surface area contributed by atoms with Gasteiger partial charge in [-0.25, -0.2) is 0 Å². The van der Waals surface area contributed by atoms with E-state index in [2.05, 4.69) is 104 Å². The van der Waals surface area contributed by atoms with Crippen molar-refractivity contribution in [1.29, 1.82) is 0 Å². The maximum absolute atomic E-state index is 2.77. The van der Waals surface area contributed by atoms with E-state index in [-0.39, 0.29) is 0 Å². The van der Waals surface area contributed by atoms with E-state index in [1.807, 2.05) is 0 Å². The lowest BCUT2D eigenvalue weighted by Gasteiger charge is -2.76. The van der Waals surface area contributed by atoms with Crippen molar-refractivity contribution in [3.63, 3.8) is 0 Å². The normalized spacial score (nSPS) is 57.6. The molecule has 0 aromatic carbocycles. The molecule has 3 rings (SSSR count). The van der Waals surface area contributed by atoms with Gasteiger partial charge in [-0.05, 0) is 86.8 Å². The van der Waals surface area contributed by atoms with E-state index >= 15 is 0 Å². The van der Waals surface area contributed by atoms with Crippen molar-refractivity contribution in [3.05, 3.63) is 0 Å². The van der Waals surface area contributed by atoms with Crippen LogP contribution in [0.2, 0.25) is 0 Å². The highest BCUT2D eigenvalue weighted by Crippen LogP contribution is 2.76. The zero-order valence-electron chi connectivity index (χ0n) is 23.4. The summed E-state index contributed by atoms with van der Waals surface area (Å²) in [5.41, 5.74) is 1.58. The molecule has 0 heterocycles. The van der Waals surface area contributed by atoms with Crippen molar-refractivity contribution in [2.75, 3.05) is 0 Å². The third kappa shape index (κ3) is 2.58. The summed E-state index contributed by atoms with van der Waals surface area (Å²) >= 11 is 0. The molecule has 3 aliphatic rings. The SMILES string of the molecule is CC1C(C)C2C(C)(C)C(C)C(C)C(C)[C@@]2(C)C2C(C)C(C)[C@](C)(C(C)C)C(C)(C)C12. The molecule has 0 aliphatic heterocycles. The van der Waals surface area contributed by atoms with Gasteiger partial charge in [0.25, 0.3) is 0 Å². The molecule has 0 aromatic rings. The van der Waals surface area contributed by atoms with Crippen LogP contribution >= 0.6 is 0 Å². The number of rotatable bonds is 1. The van der Waals surface area contributed by atoms with E-state index in [0.29, 0.717) is 21.7 Å². The van der Waals surface area contributed by atoms with Gasteiger partial charge in [-0.3, -0.25) is 0 Å². The molecule has 0 saturated heterocycles. The van der Waals surface area contributed by atoms with Crippen LogP contribution in [0.3, 0.4) is 0 Å². The van der Waals surface area contributed by atoms with E-state index in [9.17, 15) is 0 Å². The van der Waals surface area contributed by atoms with Crippen LogP contribution in [0.15, 0.2) is 0 Å². The first-order valence-electron chi connectivity index (χ1n) is 13.4. The van der Waals surface area contributed by atoms with Gasteiger partial charge in [0.15, 0.2) is 0 Å². The highest BCUT2D eigenvalue weighted by molar-refractivity contribution is 5.19. The standard InChI is InChI=1S/C30H56/c1-16(2)30(15)23(9)20(6)25-24(28(30,12)13)17(3)18(4)26-27(10,11)21(7)19(5)22(8)29(25,26)14/h16-26H,1-15H3/t17?,18?,19?,20?,21?,22?,23?,24?,25?,26?,29-,30-/m0/s1. The lowest BCUT2D eigenvalue weighted by molar-refractivity contribution is -0.287. The first-order chi connectivity index (χ1) is 13.4. The third-order valence-corrected chi connectivity index (χ3v) is 14.0. The molecule has 0 aromatic heterocycles. The fourth-order valence-electron chi connectivity index (χ4n) is 11.2. The zero-order chi connectivity index (χ0) is 23.4. The molecule has 3 fully saturated rings. The van der Waals surface area contributed by atoms with Crippen LogP contribution in [0.25, 0.3) is 0 Å². The first-order valence-corrected chi connectivity index (χ1v) is 13.4. The molecular formula is C30H56. The molecule has 0 bridgehead atoms. The monoisotopic (exact) mass is 416 g/mol. The summed E-state index contributed by atoms with van der Waals surface area (Å²) in [6.07, 6.45) is 0. The molecule has 0 heteroatoms. The Morgan fingerprint density at radius 3 is 1.50 bits per heavy atom. The minimum absolute atomic E-state index is 0.357. The van der Waals surface area contributed by atoms with E-state index in [1.165, 1.54) is 0 Å². The van der Waals surface area contributed by atoms with Gasteiger partial charge in [0.05, 0.1) is 0 Å². The molecule has 30 heavy (non-hydrogen) atoms. The molecule has 3 aliphatic carbocycles. The Hall–Kier alpha value is 0. The molecular weight excluding hydrogens is 360 g/mol. The molecule has 0 N–H and O–H groups in total. The maximum atomic E-state index is 2.77. The first kappa shape index (κ1) is 24.6. The van der Waals surface area contributed by atoms with Gasteiger partial charge in [0, 0.05) is 0 Å². The van der Waals surface area contributed by atoms with Gasteiger partial charge >= 0.3 is 0 Å². The fraction of sp³-hybridized carbons (Fsp3) is 1.00. The lowest BCUT2D eigenvalue weighted by atomic mass is 9.28. The Morgan fingerprint density at radius 1 is 0.533 bits per heavy atom. The average Bonchev–Trinajstić information content (AvgIpc) is 2.64. The summed E-state index contributed by atoms with van der Waals surface area (Å²) in [7, 11) is 0. The Bertz CT molecular complexity index is 655. The predicted molar refractivity (Wildman–Crippen MR) is 133 cm³/mol. The summed E-state index contributed by atoms with van der Waals surface area (Å²) in [5, 5.41) is 0. The van der Waals surface area contributed by atoms with Crippen molar-refractivity contribution >= 4 is 0 Å². The van der Waals surface area contributed by atoms with Gasteiger partial charge in [0.1, 0.15) is 0 Å². The minimum Gasteiger partial charge on any atom is -0.0622 e. The number of hydrogen-bond acceptors (Lipinski definition) is 0. The van der Waals surface area contributed by atoms with E-state index < -0.39 is 0 Å². The van der Waals surface area contributed by atoms with Crippen LogP contribution in [0, 0.1) is 86.8 Å². The number of fused-ring (bicyclic) bond motifs is 3. The fourth-order valence-corrected chi connectivity index (χ4v) is 11.2. The molecule has 3 saturated carbocycles. The van der Waals surface area contributed by atoms with Crippen LogP contribution in [0.4, 0.5) is 0 Å². The van der Waals surface area contributed by atoms with Crippen LogP contribution in [0.1, 0.15) is 104 Å². The maximum Gasteiger partial charge on any atom is -0.0220 e. The van der Waals surface area contributed by atoms with Crippen LogP contribution in [-0.4, -0.2) is 0 Å². The van der Waals surface area contributed by atoms with Gasteiger partial charge in [-0.15, -0.1) is 0 Å². The van der Waals surface area contributed by atoms with E-state index in [0.717, 1.165) is 65.1 Å². The Kier molecular flexibility index (Phi) is 5.75. The van der Waals surface area contributed by atoms with Crippen LogP contribution in [0.5, 0.6) is 0 Å². The molecule has 0 nitrogen and oxygen atoms in total. The van der Waals surface area contributed by atoms with Crippen molar-refractivity contribution in [2.45, 2.75) is 104 Å². The quantitative estimate of drug-likeness (QED) is 0.400. The lowest BCUT2D eigenvalue weighted by Crippen LogP contribution is -2.71. The molecule has 176 valence electrons. The third-order valence-electron chi connectivity index (χ3n) is 14.0. The molecule has 10 unspecified atom stereocenters. The average molecular weight is 417 g/mol. The van der Waals surface area contributed by atoms with E-state index in [4.69, 9.17) is 0 Å². The van der Waals surface area contributed by atoms with Crippen LogP contribution in [-0.2, 0) is 0 Å². The molecule has 12 atom stereocenters. The van der Waals surface area contributed by atoms with Crippen molar-refractivity contribution in [2.24, 2.45) is 86.8 Å². The zero-order valence-corrected chi connectivity index (χ0v) is 23.4. The van der Waals surface area contributed by atoms with Gasteiger partial charge in [-0.1, -0.05) is 104 Å². The number of hydrogen-bond donors (Lipinski definition) is 0. The summed E-state index contributed by atoms with van der Waals surface area (Å²) in [4.78, 5) is 0. The predicted octanol–water partition coefficient (Wildman–Crippen LogP) is 9.05.